The molecule has 0 aromatic heterocycles. The molecule has 3 aliphatic rings. The van der Waals surface area contributed by atoms with Crippen LogP contribution in [0.5, 0.6) is 17.2 Å². The zero-order chi connectivity index (χ0) is 24.5. The predicted octanol–water partition coefficient (Wildman–Crippen LogP) is 4.30. The van der Waals surface area contributed by atoms with Crippen molar-refractivity contribution in [1.82, 2.24) is 4.90 Å². The molecule has 3 heterocycles. The van der Waals surface area contributed by atoms with Crippen LogP contribution in [0.2, 0.25) is 0 Å². The first-order chi connectivity index (χ1) is 17.1. The van der Waals surface area contributed by atoms with Crippen LogP contribution in [0.4, 0.5) is 0 Å². The van der Waals surface area contributed by atoms with Gasteiger partial charge in [0.05, 0.1) is 18.6 Å². The van der Waals surface area contributed by atoms with Crippen molar-refractivity contribution < 1.29 is 23.0 Å². The normalized spacial score (nSPS) is 18.6. The molecule has 3 aromatic carbocycles. The van der Waals surface area contributed by atoms with Crippen molar-refractivity contribution in [2.24, 2.45) is 0 Å². The summed E-state index contributed by atoms with van der Waals surface area (Å²) in [4.78, 5) is 3.16. The van der Waals surface area contributed by atoms with Crippen LogP contribution in [0.15, 0.2) is 53.4 Å². The highest BCUT2D eigenvalue weighted by Gasteiger charge is 2.35. The van der Waals surface area contributed by atoms with Gasteiger partial charge < -0.3 is 18.8 Å². The first-order valence-electron chi connectivity index (χ1n) is 11.9. The summed E-state index contributed by atoms with van der Waals surface area (Å²) in [6.07, 6.45) is 2.93. The topological polar surface area (TPSA) is 68.2 Å². The number of nitrogens with zero attached hydrogens (tertiary/aromatic N) is 1. The number of methoxy groups -OCH3 is 1. The summed E-state index contributed by atoms with van der Waals surface area (Å²) in [6.45, 7) is 4.51. The number of fused-ring (bicyclic) bond motifs is 5. The van der Waals surface area contributed by atoms with E-state index in [1.165, 1.54) is 22.3 Å². The molecule has 0 saturated heterocycles. The molecule has 0 radical (unpaired) electrons. The molecule has 0 aliphatic carbocycles. The van der Waals surface area contributed by atoms with Crippen LogP contribution in [0, 0.1) is 6.92 Å². The Hall–Kier alpha value is -2.87. The molecule has 1 N–H and O–H groups in total. The lowest BCUT2D eigenvalue weighted by Gasteiger charge is -2.42. The maximum Gasteiger partial charge on any atom is 0.240 e. The van der Waals surface area contributed by atoms with Crippen LogP contribution < -0.4 is 13.7 Å². The van der Waals surface area contributed by atoms with Crippen LogP contribution in [-0.4, -0.2) is 41.6 Å². The van der Waals surface area contributed by atoms with Crippen LogP contribution in [0.25, 0.3) is 0 Å². The van der Waals surface area contributed by atoms with E-state index in [-0.39, 0.29) is 0 Å². The van der Waals surface area contributed by atoms with Gasteiger partial charge in [0.25, 0.3) is 0 Å². The first-order valence-corrected chi connectivity index (χ1v) is 13.0. The second-order valence-corrected chi connectivity index (χ2v) is 10.2. The van der Waals surface area contributed by atoms with Crippen LogP contribution in [-0.2, 0) is 36.9 Å². The molecule has 0 fully saturated rings. The summed E-state index contributed by atoms with van der Waals surface area (Å²) in [5.74, 6) is 2.27. The summed E-state index contributed by atoms with van der Waals surface area (Å²) in [5, 5.41) is 7.00. The smallest absolute Gasteiger partial charge is 0.240 e. The molecule has 0 spiro atoms. The van der Waals surface area contributed by atoms with Crippen molar-refractivity contribution in [2.75, 3.05) is 27.4 Å². The Kier molecular flexibility index (Phi) is 6.82. The second-order valence-electron chi connectivity index (χ2n) is 9.07. The molecule has 0 amide bonds. The van der Waals surface area contributed by atoms with Gasteiger partial charge in [0.2, 0.25) is 11.1 Å². The van der Waals surface area contributed by atoms with E-state index in [0.29, 0.717) is 22.4 Å². The fourth-order valence-electron chi connectivity index (χ4n) is 5.38. The van der Waals surface area contributed by atoms with E-state index in [0.717, 1.165) is 62.9 Å². The third kappa shape index (κ3) is 4.44. The van der Waals surface area contributed by atoms with Gasteiger partial charge in [0.1, 0.15) is 5.75 Å². The first kappa shape index (κ1) is 23.9. The molecule has 0 saturated carbocycles. The predicted molar refractivity (Wildman–Crippen MR) is 136 cm³/mol. The average molecular weight is 494 g/mol. The molecule has 6 rings (SSSR count). The van der Waals surface area contributed by atoms with E-state index in [9.17, 15) is 4.21 Å². The SMILES string of the molecule is CO.COc1ccc2c(c1OS(=O)c1cccc(C)c1)CN1CCc3cc4c(cc3C1C2)OCC4. The lowest BCUT2D eigenvalue weighted by atomic mass is 9.83. The number of hydrogen-bond acceptors (Lipinski definition) is 6. The Bertz CT molecular complexity index is 1270. The fourth-order valence-corrected chi connectivity index (χ4v) is 6.28. The van der Waals surface area contributed by atoms with E-state index in [4.69, 9.17) is 18.8 Å². The van der Waals surface area contributed by atoms with Crippen molar-refractivity contribution in [3.8, 4) is 17.2 Å². The number of aryl methyl sites for hydroxylation is 1. The minimum absolute atomic E-state index is 0.319. The van der Waals surface area contributed by atoms with Crippen molar-refractivity contribution in [2.45, 2.75) is 43.7 Å². The summed E-state index contributed by atoms with van der Waals surface area (Å²) in [5.41, 5.74) is 7.54. The summed E-state index contributed by atoms with van der Waals surface area (Å²) < 4.78 is 30.7. The summed E-state index contributed by atoms with van der Waals surface area (Å²) in [7, 11) is 2.63. The van der Waals surface area contributed by atoms with E-state index < -0.39 is 11.1 Å². The maximum absolute atomic E-state index is 13.1. The number of aliphatic hydroxyl groups is 1. The van der Waals surface area contributed by atoms with Gasteiger partial charge in [0, 0.05) is 38.2 Å². The quantitative estimate of drug-likeness (QED) is 0.585. The number of ether oxygens (including phenoxy) is 2. The minimum Gasteiger partial charge on any atom is -0.493 e. The van der Waals surface area contributed by atoms with Crippen molar-refractivity contribution in [3.05, 3.63) is 81.9 Å². The van der Waals surface area contributed by atoms with Gasteiger partial charge in [-0.2, -0.15) is 0 Å². The van der Waals surface area contributed by atoms with Gasteiger partial charge in [-0.1, -0.05) is 24.3 Å². The molecule has 35 heavy (non-hydrogen) atoms. The Balaban J connectivity index is 0.00000124. The largest absolute Gasteiger partial charge is 0.493 e. The summed E-state index contributed by atoms with van der Waals surface area (Å²) in [6, 6.07) is 16.6. The lowest BCUT2D eigenvalue weighted by Crippen LogP contribution is -2.39. The maximum atomic E-state index is 13.1. The van der Waals surface area contributed by atoms with Gasteiger partial charge in [0.15, 0.2) is 11.5 Å². The summed E-state index contributed by atoms with van der Waals surface area (Å²) >= 11 is -1.62. The molecule has 7 heteroatoms. The number of benzene rings is 3. The molecular formula is C28H31NO5S. The standard InChI is InChI=1S/C27H27NO4S.CH4O/c1-17-4-3-5-21(12-17)33(29)32-27-23-16-28-10-8-19-13-20-9-11-31-26(20)15-22(19)24(28)14-18(23)6-7-25(27)30-2;1-2/h3-7,12-13,15,24H,8-11,14,16H2,1-2H3;2H,1H3. The third-order valence-electron chi connectivity index (χ3n) is 7.08. The van der Waals surface area contributed by atoms with Gasteiger partial charge in [-0.3, -0.25) is 4.90 Å². The fraction of sp³-hybridized carbons (Fsp3) is 0.357. The minimum atomic E-state index is -1.62. The molecule has 3 aliphatic heterocycles. The second kappa shape index (κ2) is 10.0. The Morgan fingerprint density at radius 3 is 2.71 bits per heavy atom. The molecule has 184 valence electrons. The molecule has 3 aromatic rings. The highest BCUT2D eigenvalue weighted by molar-refractivity contribution is 7.80. The van der Waals surface area contributed by atoms with E-state index in [2.05, 4.69) is 23.1 Å². The lowest BCUT2D eigenvalue weighted by molar-refractivity contribution is 0.159. The highest BCUT2D eigenvalue weighted by atomic mass is 32.2. The highest BCUT2D eigenvalue weighted by Crippen LogP contribution is 2.45. The van der Waals surface area contributed by atoms with Gasteiger partial charge in [-0.15, -0.1) is 0 Å². The van der Waals surface area contributed by atoms with Crippen molar-refractivity contribution in [3.63, 3.8) is 0 Å². The average Bonchev–Trinajstić information content (AvgIpc) is 3.35. The number of aliphatic hydroxyl groups excluding tert-OH is 1. The Morgan fingerprint density at radius 1 is 1.06 bits per heavy atom. The zero-order valence-electron chi connectivity index (χ0n) is 20.4. The molecule has 0 bridgehead atoms. The zero-order valence-corrected chi connectivity index (χ0v) is 21.2. The van der Waals surface area contributed by atoms with Gasteiger partial charge in [-0.05, 0) is 71.8 Å². The van der Waals surface area contributed by atoms with E-state index in [1.807, 2.05) is 37.3 Å². The van der Waals surface area contributed by atoms with Gasteiger partial charge in [-0.25, -0.2) is 4.21 Å². The monoisotopic (exact) mass is 493 g/mol. The number of hydrogen-bond donors (Lipinski definition) is 1. The molecule has 2 atom stereocenters. The van der Waals surface area contributed by atoms with Crippen molar-refractivity contribution >= 4 is 11.1 Å². The van der Waals surface area contributed by atoms with Crippen molar-refractivity contribution in [1.29, 1.82) is 0 Å². The third-order valence-corrected chi connectivity index (χ3v) is 8.03. The van der Waals surface area contributed by atoms with Crippen LogP contribution in [0.3, 0.4) is 0 Å². The molecular weight excluding hydrogens is 462 g/mol. The Labute approximate surface area is 209 Å². The molecule has 6 nitrogen and oxygen atoms in total. The van der Waals surface area contributed by atoms with Crippen LogP contribution >= 0.6 is 0 Å². The van der Waals surface area contributed by atoms with E-state index >= 15 is 0 Å². The van der Waals surface area contributed by atoms with E-state index in [1.54, 1.807) is 7.11 Å². The van der Waals surface area contributed by atoms with Gasteiger partial charge >= 0.3 is 0 Å². The molecule has 2 unspecified atom stereocenters. The van der Waals surface area contributed by atoms with Crippen LogP contribution in [0.1, 0.15) is 39.4 Å². The number of rotatable bonds is 4. The Morgan fingerprint density at radius 2 is 1.91 bits per heavy atom.